The lowest BCUT2D eigenvalue weighted by Crippen LogP contribution is -2.30. The van der Waals surface area contributed by atoms with Gasteiger partial charge in [0, 0.05) is 6.04 Å². The summed E-state index contributed by atoms with van der Waals surface area (Å²) in [5.74, 6) is -0.291. The highest BCUT2D eigenvalue weighted by Gasteiger charge is 2.18. The van der Waals surface area contributed by atoms with Crippen molar-refractivity contribution in [1.82, 2.24) is 30.5 Å². The summed E-state index contributed by atoms with van der Waals surface area (Å²) in [5, 5.41) is 14.5. The third-order valence-corrected chi connectivity index (χ3v) is 3.06. The third-order valence-electron chi connectivity index (χ3n) is 3.06. The first-order chi connectivity index (χ1) is 11.0. The van der Waals surface area contributed by atoms with Crippen LogP contribution in [-0.4, -0.2) is 37.1 Å². The molecule has 0 unspecified atom stereocenters. The van der Waals surface area contributed by atoms with Crippen molar-refractivity contribution < 1.29 is 9.32 Å². The minimum Gasteiger partial charge on any atom is -0.346 e. The van der Waals surface area contributed by atoms with Crippen LogP contribution < -0.4 is 5.32 Å². The number of carbonyl (C=O) groups excluding carboxylic acids is 1. The molecule has 1 N–H and O–H groups in total. The number of nitrogens with zero attached hydrogens (tertiary/aromatic N) is 5. The first-order valence-electron chi connectivity index (χ1n) is 7.17. The Morgan fingerprint density at radius 1 is 1.26 bits per heavy atom. The maximum Gasteiger partial charge on any atom is 0.316 e. The summed E-state index contributed by atoms with van der Waals surface area (Å²) in [6.07, 6.45) is 1.68. The second-order valence-corrected chi connectivity index (χ2v) is 5.44. The molecule has 0 saturated carbocycles. The van der Waals surface area contributed by atoms with Crippen LogP contribution in [0, 0.1) is 6.92 Å². The van der Waals surface area contributed by atoms with Crippen LogP contribution in [0.4, 0.5) is 0 Å². The fraction of sp³-hybridized carbons (Fsp3) is 0.267. The van der Waals surface area contributed by atoms with E-state index in [1.165, 1.54) is 0 Å². The fourth-order valence-electron chi connectivity index (χ4n) is 1.93. The molecule has 0 radical (unpaired) electrons. The highest BCUT2D eigenvalue weighted by Crippen LogP contribution is 2.15. The molecule has 8 nitrogen and oxygen atoms in total. The average molecular weight is 312 g/mol. The second-order valence-electron chi connectivity index (χ2n) is 5.44. The highest BCUT2D eigenvalue weighted by atomic mass is 16.5. The molecule has 0 bridgehead atoms. The van der Waals surface area contributed by atoms with Gasteiger partial charge in [-0.25, -0.2) is 4.68 Å². The van der Waals surface area contributed by atoms with Crippen LogP contribution in [0.15, 0.2) is 35.0 Å². The number of carbonyl (C=O) groups is 1. The quantitative estimate of drug-likeness (QED) is 0.788. The molecule has 0 saturated heterocycles. The number of amides is 1. The molecule has 1 aromatic carbocycles. The zero-order chi connectivity index (χ0) is 16.4. The van der Waals surface area contributed by atoms with Gasteiger partial charge in [0.2, 0.25) is 5.82 Å². The maximum atomic E-state index is 11.8. The first-order valence-corrected chi connectivity index (χ1v) is 7.17. The van der Waals surface area contributed by atoms with Gasteiger partial charge in [-0.15, -0.1) is 5.10 Å². The van der Waals surface area contributed by atoms with Crippen LogP contribution in [-0.2, 0) is 0 Å². The van der Waals surface area contributed by atoms with Crippen LogP contribution in [0.5, 0.6) is 0 Å². The molecule has 0 aliphatic carbocycles. The second kappa shape index (κ2) is 5.99. The monoisotopic (exact) mass is 312 g/mol. The van der Waals surface area contributed by atoms with E-state index in [1.807, 2.05) is 45.0 Å². The van der Waals surface area contributed by atoms with Crippen molar-refractivity contribution in [1.29, 1.82) is 0 Å². The minimum absolute atomic E-state index is 0.0136. The highest BCUT2D eigenvalue weighted by molar-refractivity contribution is 5.89. The number of aryl methyl sites for hydroxylation is 1. The predicted octanol–water partition coefficient (Wildman–Crippen LogP) is 1.76. The van der Waals surface area contributed by atoms with Crippen LogP contribution >= 0.6 is 0 Å². The van der Waals surface area contributed by atoms with E-state index < -0.39 is 5.91 Å². The van der Waals surface area contributed by atoms with Gasteiger partial charge in [0.15, 0.2) is 5.69 Å². The van der Waals surface area contributed by atoms with Gasteiger partial charge in [-0.2, -0.15) is 4.98 Å². The van der Waals surface area contributed by atoms with E-state index in [9.17, 15) is 4.79 Å². The van der Waals surface area contributed by atoms with Crippen molar-refractivity contribution in [2.75, 3.05) is 0 Å². The SMILES string of the molecule is Cc1ccc(-n2cc(-c3noc(C(=O)NC(C)C)n3)nn2)cc1. The summed E-state index contributed by atoms with van der Waals surface area (Å²) in [7, 11) is 0. The Kier molecular flexibility index (Phi) is 3.88. The van der Waals surface area contributed by atoms with E-state index in [2.05, 4.69) is 25.8 Å². The number of benzene rings is 1. The van der Waals surface area contributed by atoms with Crippen LogP contribution in [0.2, 0.25) is 0 Å². The van der Waals surface area contributed by atoms with E-state index in [-0.39, 0.29) is 17.8 Å². The van der Waals surface area contributed by atoms with Gasteiger partial charge >= 0.3 is 11.8 Å². The predicted molar refractivity (Wildman–Crippen MR) is 82.0 cm³/mol. The molecule has 3 aromatic rings. The summed E-state index contributed by atoms with van der Waals surface area (Å²) in [5.41, 5.74) is 2.46. The van der Waals surface area contributed by atoms with Gasteiger partial charge < -0.3 is 9.84 Å². The number of hydrogen-bond donors (Lipinski definition) is 1. The minimum atomic E-state index is -0.412. The fourth-order valence-corrected chi connectivity index (χ4v) is 1.93. The van der Waals surface area contributed by atoms with Gasteiger partial charge in [-0.3, -0.25) is 4.79 Å². The maximum absolute atomic E-state index is 11.8. The topological polar surface area (TPSA) is 98.7 Å². The summed E-state index contributed by atoms with van der Waals surface area (Å²) in [4.78, 5) is 15.9. The summed E-state index contributed by atoms with van der Waals surface area (Å²) in [6, 6.07) is 7.83. The first kappa shape index (κ1) is 14.9. The van der Waals surface area contributed by atoms with E-state index in [1.54, 1.807) is 10.9 Å². The molecular weight excluding hydrogens is 296 g/mol. The standard InChI is InChI=1S/C15H16N6O2/c1-9(2)16-14(22)15-17-13(19-23-15)12-8-21(20-18-12)11-6-4-10(3)5-7-11/h4-9H,1-3H3,(H,16,22). The summed E-state index contributed by atoms with van der Waals surface area (Å²) < 4.78 is 6.57. The largest absolute Gasteiger partial charge is 0.346 e. The van der Waals surface area contributed by atoms with Crippen molar-refractivity contribution in [2.24, 2.45) is 0 Å². The zero-order valence-corrected chi connectivity index (χ0v) is 13.0. The van der Waals surface area contributed by atoms with Crippen LogP contribution in [0.25, 0.3) is 17.2 Å². The number of nitrogens with one attached hydrogen (secondary N) is 1. The van der Waals surface area contributed by atoms with Crippen molar-refractivity contribution in [2.45, 2.75) is 26.8 Å². The Morgan fingerprint density at radius 3 is 2.70 bits per heavy atom. The molecule has 0 aliphatic rings. The molecule has 23 heavy (non-hydrogen) atoms. The van der Waals surface area contributed by atoms with Crippen molar-refractivity contribution >= 4 is 5.91 Å². The molecule has 0 aliphatic heterocycles. The Bertz CT molecular complexity index is 819. The lowest BCUT2D eigenvalue weighted by Gasteiger charge is -2.03. The number of aromatic nitrogens is 5. The zero-order valence-electron chi connectivity index (χ0n) is 13.0. The van der Waals surface area contributed by atoms with Gasteiger partial charge in [0.05, 0.1) is 11.9 Å². The van der Waals surface area contributed by atoms with Gasteiger partial charge in [0.25, 0.3) is 0 Å². The van der Waals surface area contributed by atoms with Gasteiger partial charge in [0.1, 0.15) is 0 Å². The molecule has 0 atom stereocenters. The van der Waals surface area contributed by atoms with E-state index in [4.69, 9.17) is 4.52 Å². The Balaban J connectivity index is 1.82. The van der Waals surface area contributed by atoms with E-state index in [0.717, 1.165) is 11.3 Å². The molecular formula is C15H16N6O2. The summed E-state index contributed by atoms with van der Waals surface area (Å²) >= 11 is 0. The summed E-state index contributed by atoms with van der Waals surface area (Å²) in [6.45, 7) is 5.71. The average Bonchev–Trinajstić information content (AvgIpc) is 3.16. The molecule has 8 heteroatoms. The van der Waals surface area contributed by atoms with Crippen LogP contribution in [0.3, 0.4) is 0 Å². The van der Waals surface area contributed by atoms with Crippen LogP contribution in [0.1, 0.15) is 30.1 Å². The van der Waals surface area contributed by atoms with E-state index in [0.29, 0.717) is 5.69 Å². The molecule has 2 heterocycles. The van der Waals surface area contributed by atoms with Gasteiger partial charge in [-0.05, 0) is 32.9 Å². The normalized spacial score (nSPS) is 11.0. The molecule has 2 aromatic heterocycles. The lowest BCUT2D eigenvalue weighted by atomic mass is 10.2. The molecule has 0 fully saturated rings. The molecule has 0 spiro atoms. The molecule has 118 valence electrons. The van der Waals surface area contributed by atoms with E-state index >= 15 is 0 Å². The smallest absolute Gasteiger partial charge is 0.316 e. The van der Waals surface area contributed by atoms with Crippen molar-refractivity contribution in [3.05, 3.63) is 41.9 Å². The molecule has 1 amide bonds. The van der Waals surface area contributed by atoms with Crippen molar-refractivity contribution in [3.8, 4) is 17.2 Å². The Morgan fingerprint density at radius 2 is 2.00 bits per heavy atom. The third kappa shape index (κ3) is 3.25. The lowest BCUT2D eigenvalue weighted by molar-refractivity contribution is 0.0899. The van der Waals surface area contributed by atoms with Gasteiger partial charge in [-0.1, -0.05) is 28.1 Å². The molecule has 3 rings (SSSR count). The number of hydrogen-bond acceptors (Lipinski definition) is 6. The Labute approximate surface area is 132 Å². The van der Waals surface area contributed by atoms with Crippen molar-refractivity contribution in [3.63, 3.8) is 0 Å². The Hall–Kier alpha value is -3.03. The number of rotatable bonds is 4.